The van der Waals surface area contributed by atoms with Gasteiger partial charge in [0, 0.05) is 37.8 Å². The molecule has 152 valence electrons. The molecule has 7 nitrogen and oxygen atoms in total. The van der Waals surface area contributed by atoms with Crippen molar-refractivity contribution in [2.24, 2.45) is 0 Å². The van der Waals surface area contributed by atoms with Crippen LogP contribution in [0.2, 0.25) is 0 Å². The summed E-state index contributed by atoms with van der Waals surface area (Å²) in [6.07, 6.45) is 2.63. The quantitative estimate of drug-likeness (QED) is 0.881. The summed E-state index contributed by atoms with van der Waals surface area (Å²) in [4.78, 5) is 31.9. The van der Waals surface area contributed by atoms with Gasteiger partial charge in [0.25, 0.3) is 0 Å². The Morgan fingerprint density at radius 2 is 2.04 bits per heavy atom. The lowest BCUT2D eigenvalue weighted by molar-refractivity contribution is 0.0640. The van der Waals surface area contributed by atoms with Crippen molar-refractivity contribution in [3.63, 3.8) is 0 Å². The van der Waals surface area contributed by atoms with Gasteiger partial charge in [-0.3, -0.25) is 9.47 Å². The SMILES string of the molecule is CCOC(=O)N1CCC(C)(N2CCC(n3c(=O)[nH]c4cc(C)ccc43)CC2)C1. The van der Waals surface area contributed by atoms with Crippen molar-refractivity contribution in [1.29, 1.82) is 0 Å². The topological polar surface area (TPSA) is 70.6 Å². The Labute approximate surface area is 165 Å². The van der Waals surface area contributed by atoms with E-state index in [1.165, 1.54) is 0 Å². The van der Waals surface area contributed by atoms with Crippen molar-refractivity contribution >= 4 is 17.1 Å². The fraction of sp³-hybridized carbons (Fsp3) is 0.619. The zero-order valence-corrected chi connectivity index (χ0v) is 17.0. The average Bonchev–Trinajstić information content (AvgIpc) is 3.22. The number of amides is 1. The molecule has 2 aliphatic heterocycles. The number of rotatable bonds is 3. The van der Waals surface area contributed by atoms with Crippen LogP contribution >= 0.6 is 0 Å². The number of nitrogens with one attached hydrogen (secondary N) is 1. The second-order valence-corrected chi connectivity index (χ2v) is 8.41. The number of imidazole rings is 1. The standard InChI is InChI=1S/C21H30N4O3/c1-4-28-20(27)23-12-9-21(3,14-23)24-10-7-16(8-11-24)25-18-6-5-15(2)13-17(18)22-19(25)26/h5-6,13,16H,4,7-12,14H2,1-3H3,(H,22,26). The minimum absolute atomic E-state index is 0.0139. The largest absolute Gasteiger partial charge is 0.450 e. The van der Waals surface area contributed by atoms with E-state index in [4.69, 9.17) is 4.74 Å². The summed E-state index contributed by atoms with van der Waals surface area (Å²) in [6.45, 7) is 9.86. The van der Waals surface area contributed by atoms with Gasteiger partial charge in [-0.2, -0.15) is 0 Å². The number of carbonyl (C=O) groups excluding carboxylic acids is 1. The maximum absolute atomic E-state index is 12.6. The molecule has 0 bridgehead atoms. The number of ether oxygens (including phenoxy) is 1. The van der Waals surface area contributed by atoms with E-state index >= 15 is 0 Å². The molecule has 28 heavy (non-hydrogen) atoms. The number of aryl methyl sites for hydroxylation is 1. The van der Waals surface area contributed by atoms with E-state index in [0.717, 1.165) is 55.5 Å². The maximum atomic E-state index is 12.6. The number of likely N-dealkylation sites (tertiary alicyclic amines) is 2. The van der Waals surface area contributed by atoms with Crippen LogP contribution in [0.25, 0.3) is 11.0 Å². The lowest BCUT2D eigenvalue weighted by Crippen LogP contribution is -2.52. The summed E-state index contributed by atoms with van der Waals surface area (Å²) in [5.41, 5.74) is 3.03. The zero-order chi connectivity index (χ0) is 19.9. The number of aromatic nitrogens is 2. The Hall–Kier alpha value is -2.28. The Morgan fingerprint density at radius 1 is 1.29 bits per heavy atom. The van der Waals surface area contributed by atoms with Crippen LogP contribution in [-0.2, 0) is 4.74 Å². The van der Waals surface area contributed by atoms with Crippen LogP contribution in [0, 0.1) is 6.92 Å². The van der Waals surface area contributed by atoms with Crippen LogP contribution in [-0.4, -0.2) is 63.8 Å². The summed E-state index contributed by atoms with van der Waals surface area (Å²) in [6, 6.07) is 6.35. The minimum atomic E-state index is -0.207. The highest BCUT2D eigenvalue weighted by atomic mass is 16.6. The first kappa shape index (κ1) is 19.1. The van der Waals surface area contributed by atoms with Crippen LogP contribution in [0.15, 0.2) is 23.0 Å². The molecule has 0 spiro atoms. The molecule has 1 aromatic carbocycles. The summed E-state index contributed by atoms with van der Waals surface area (Å²) in [5, 5.41) is 0. The third kappa shape index (κ3) is 3.32. The molecule has 1 unspecified atom stereocenters. The number of hydrogen-bond acceptors (Lipinski definition) is 4. The number of carbonyl (C=O) groups is 1. The predicted molar refractivity (Wildman–Crippen MR) is 109 cm³/mol. The van der Waals surface area contributed by atoms with Gasteiger partial charge >= 0.3 is 11.8 Å². The van der Waals surface area contributed by atoms with Crippen molar-refractivity contribution in [3.8, 4) is 0 Å². The second-order valence-electron chi connectivity index (χ2n) is 8.41. The summed E-state index contributed by atoms with van der Waals surface area (Å²) < 4.78 is 7.10. The molecule has 3 heterocycles. The van der Waals surface area contributed by atoms with Crippen molar-refractivity contribution < 1.29 is 9.53 Å². The lowest BCUT2D eigenvalue weighted by Gasteiger charge is -2.43. The van der Waals surface area contributed by atoms with Gasteiger partial charge in [0.1, 0.15) is 0 Å². The van der Waals surface area contributed by atoms with Crippen LogP contribution in [0.1, 0.15) is 44.7 Å². The normalized spacial score (nSPS) is 24.2. The molecular formula is C21H30N4O3. The number of nitrogens with zero attached hydrogens (tertiary/aromatic N) is 3. The number of H-pyrrole nitrogens is 1. The number of hydrogen-bond donors (Lipinski definition) is 1. The van der Waals surface area contributed by atoms with E-state index in [9.17, 15) is 9.59 Å². The molecule has 1 atom stereocenters. The van der Waals surface area contributed by atoms with Crippen LogP contribution in [0.4, 0.5) is 4.79 Å². The zero-order valence-electron chi connectivity index (χ0n) is 17.0. The Bertz CT molecular complexity index is 925. The third-order valence-corrected chi connectivity index (χ3v) is 6.44. The van der Waals surface area contributed by atoms with E-state index in [1.54, 1.807) is 0 Å². The van der Waals surface area contributed by atoms with Gasteiger partial charge in [-0.25, -0.2) is 9.59 Å². The predicted octanol–water partition coefficient (Wildman–Crippen LogP) is 2.90. The highest BCUT2D eigenvalue weighted by Gasteiger charge is 2.42. The summed E-state index contributed by atoms with van der Waals surface area (Å²) in [7, 11) is 0. The lowest BCUT2D eigenvalue weighted by atomic mass is 9.93. The fourth-order valence-corrected chi connectivity index (χ4v) is 4.85. The van der Waals surface area contributed by atoms with E-state index in [1.807, 2.05) is 35.4 Å². The van der Waals surface area contributed by atoms with Crippen LogP contribution in [0.5, 0.6) is 0 Å². The molecule has 1 N–H and O–H groups in total. The smallest absolute Gasteiger partial charge is 0.409 e. The molecule has 2 aliphatic rings. The van der Waals surface area contributed by atoms with Crippen molar-refractivity contribution in [2.75, 3.05) is 32.8 Å². The molecule has 1 amide bonds. The molecule has 1 aromatic heterocycles. The van der Waals surface area contributed by atoms with E-state index in [0.29, 0.717) is 13.2 Å². The summed E-state index contributed by atoms with van der Waals surface area (Å²) in [5.74, 6) is 0. The molecule has 0 saturated carbocycles. The van der Waals surface area contributed by atoms with Crippen LogP contribution in [0.3, 0.4) is 0 Å². The van der Waals surface area contributed by atoms with Gasteiger partial charge in [-0.15, -0.1) is 0 Å². The van der Waals surface area contributed by atoms with Crippen LogP contribution < -0.4 is 5.69 Å². The van der Waals surface area contributed by atoms with E-state index in [-0.39, 0.29) is 23.4 Å². The van der Waals surface area contributed by atoms with E-state index < -0.39 is 0 Å². The Balaban J connectivity index is 1.45. The molecule has 2 fully saturated rings. The molecular weight excluding hydrogens is 356 g/mol. The third-order valence-electron chi connectivity index (χ3n) is 6.44. The van der Waals surface area contributed by atoms with E-state index in [2.05, 4.69) is 22.9 Å². The number of aromatic amines is 1. The highest BCUT2D eigenvalue weighted by molar-refractivity contribution is 5.76. The number of piperidine rings is 1. The van der Waals surface area contributed by atoms with Gasteiger partial charge in [0.2, 0.25) is 0 Å². The van der Waals surface area contributed by atoms with Crippen molar-refractivity contribution in [3.05, 3.63) is 34.2 Å². The average molecular weight is 386 g/mol. The number of benzene rings is 1. The fourth-order valence-electron chi connectivity index (χ4n) is 4.85. The second kappa shape index (κ2) is 7.28. The first-order chi connectivity index (χ1) is 13.4. The van der Waals surface area contributed by atoms with Gasteiger partial charge in [-0.1, -0.05) is 6.07 Å². The molecule has 2 saturated heterocycles. The number of fused-ring (bicyclic) bond motifs is 1. The Kier molecular flexibility index (Phi) is 4.95. The minimum Gasteiger partial charge on any atom is -0.450 e. The van der Waals surface area contributed by atoms with Gasteiger partial charge in [-0.05, 0) is 57.7 Å². The molecule has 0 radical (unpaired) electrons. The van der Waals surface area contributed by atoms with Gasteiger partial charge in [0.05, 0.1) is 17.6 Å². The first-order valence-electron chi connectivity index (χ1n) is 10.3. The maximum Gasteiger partial charge on any atom is 0.409 e. The van der Waals surface area contributed by atoms with Gasteiger partial charge in [0.15, 0.2) is 0 Å². The molecule has 7 heteroatoms. The highest BCUT2D eigenvalue weighted by Crippen LogP contribution is 2.34. The monoisotopic (exact) mass is 386 g/mol. The molecule has 0 aliphatic carbocycles. The first-order valence-corrected chi connectivity index (χ1v) is 10.3. The van der Waals surface area contributed by atoms with Crippen molar-refractivity contribution in [2.45, 2.75) is 51.6 Å². The summed E-state index contributed by atoms with van der Waals surface area (Å²) >= 11 is 0. The molecule has 4 rings (SSSR count). The Morgan fingerprint density at radius 3 is 2.75 bits per heavy atom. The molecule has 2 aromatic rings. The van der Waals surface area contributed by atoms with Gasteiger partial charge < -0.3 is 14.6 Å². The van der Waals surface area contributed by atoms with Crippen molar-refractivity contribution in [1.82, 2.24) is 19.4 Å².